The SMILES string of the molecule is C/C=C\C=CCc1cccc2c1-c1c(cc(-c3cccc(-c4cccc5ccccc45)c3)c3ccccc13)C2(C)C. The molecule has 0 bridgehead atoms. The van der Waals surface area contributed by atoms with E-state index in [4.69, 9.17) is 0 Å². The molecule has 41 heavy (non-hydrogen) atoms. The molecular weight excluding hydrogens is 492 g/mol. The maximum absolute atomic E-state index is 2.49. The standard InChI is InChI=1S/C41H34/c1-4-5-6-7-16-29-18-14-25-37-39(29)40-35-23-11-10-22-34(35)36(27-38(40)41(37,2)3)31-20-12-19-30(26-31)33-24-13-17-28-15-8-9-21-32(28)33/h4-15,17-27H,16H2,1-3H3/b5-4-,7-6?. The first-order chi connectivity index (χ1) is 20.1. The van der Waals surface area contributed by atoms with Crippen LogP contribution in [0.5, 0.6) is 0 Å². The van der Waals surface area contributed by atoms with Crippen LogP contribution in [0.3, 0.4) is 0 Å². The first-order valence-corrected chi connectivity index (χ1v) is 14.6. The van der Waals surface area contributed by atoms with Gasteiger partial charge < -0.3 is 0 Å². The predicted molar refractivity (Wildman–Crippen MR) is 178 cm³/mol. The summed E-state index contributed by atoms with van der Waals surface area (Å²) in [4.78, 5) is 0. The van der Waals surface area contributed by atoms with Gasteiger partial charge in [0.05, 0.1) is 0 Å². The second-order valence-electron chi connectivity index (χ2n) is 11.6. The van der Waals surface area contributed by atoms with Crippen molar-refractivity contribution in [3.05, 3.63) is 156 Å². The molecule has 0 atom stereocenters. The lowest BCUT2D eigenvalue weighted by Gasteiger charge is -2.23. The summed E-state index contributed by atoms with van der Waals surface area (Å²) in [5.41, 5.74) is 12.1. The summed E-state index contributed by atoms with van der Waals surface area (Å²) in [5.74, 6) is 0. The molecule has 0 aliphatic heterocycles. The predicted octanol–water partition coefficient (Wildman–Crippen LogP) is 11.3. The minimum atomic E-state index is -0.0836. The molecule has 0 aromatic heterocycles. The van der Waals surface area contributed by atoms with Crippen molar-refractivity contribution in [1.82, 2.24) is 0 Å². The highest BCUT2D eigenvalue weighted by Gasteiger charge is 2.38. The molecule has 0 radical (unpaired) electrons. The molecular formula is C41H34. The number of rotatable bonds is 5. The second kappa shape index (κ2) is 10.1. The second-order valence-corrected chi connectivity index (χ2v) is 11.6. The Morgan fingerprint density at radius 1 is 0.561 bits per heavy atom. The first kappa shape index (κ1) is 25.3. The Balaban J connectivity index is 1.44. The quantitative estimate of drug-likeness (QED) is 0.196. The van der Waals surface area contributed by atoms with E-state index < -0.39 is 0 Å². The molecule has 1 aliphatic carbocycles. The molecule has 1 aliphatic rings. The van der Waals surface area contributed by atoms with Crippen LogP contribution in [0.2, 0.25) is 0 Å². The number of allylic oxidation sites excluding steroid dienone is 4. The lowest BCUT2D eigenvalue weighted by atomic mass is 9.80. The largest absolute Gasteiger partial charge is 0.0877 e. The molecule has 6 aromatic rings. The molecule has 7 rings (SSSR count). The lowest BCUT2D eigenvalue weighted by molar-refractivity contribution is 0.660. The number of fused-ring (bicyclic) bond motifs is 6. The summed E-state index contributed by atoms with van der Waals surface area (Å²) in [7, 11) is 0. The van der Waals surface area contributed by atoms with Crippen molar-refractivity contribution in [3.8, 4) is 33.4 Å². The van der Waals surface area contributed by atoms with Crippen molar-refractivity contribution < 1.29 is 0 Å². The van der Waals surface area contributed by atoms with E-state index in [0.717, 1.165) is 6.42 Å². The van der Waals surface area contributed by atoms with Gasteiger partial charge in [-0.15, -0.1) is 0 Å². The highest BCUT2D eigenvalue weighted by Crippen LogP contribution is 2.54. The third-order valence-corrected chi connectivity index (χ3v) is 8.84. The van der Waals surface area contributed by atoms with E-state index in [1.54, 1.807) is 0 Å². The van der Waals surface area contributed by atoms with Crippen LogP contribution in [0.25, 0.3) is 54.9 Å². The normalized spacial score (nSPS) is 13.8. The summed E-state index contributed by atoms with van der Waals surface area (Å²) in [6, 6.07) is 42.7. The lowest BCUT2D eigenvalue weighted by Crippen LogP contribution is -2.15. The van der Waals surface area contributed by atoms with Crippen molar-refractivity contribution in [2.75, 3.05) is 0 Å². The van der Waals surface area contributed by atoms with Crippen molar-refractivity contribution >= 4 is 21.5 Å². The van der Waals surface area contributed by atoms with Crippen molar-refractivity contribution in [2.45, 2.75) is 32.6 Å². The zero-order chi connectivity index (χ0) is 28.0. The van der Waals surface area contributed by atoms with Gasteiger partial charge in [-0.05, 0) is 97.1 Å². The van der Waals surface area contributed by atoms with Gasteiger partial charge in [0, 0.05) is 5.41 Å². The van der Waals surface area contributed by atoms with Crippen LogP contribution < -0.4 is 0 Å². The molecule has 0 N–H and O–H groups in total. The Bertz CT molecular complexity index is 1990. The van der Waals surface area contributed by atoms with E-state index in [9.17, 15) is 0 Å². The molecule has 0 spiro atoms. The number of benzene rings is 6. The third kappa shape index (κ3) is 4.14. The summed E-state index contributed by atoms with van der Waals surface area (Å²) in [6.45, 7) is 6.84. The molecule has 0 nitrogen and oxygen atoms in total. The van der Waals surface area contributed by atoms with Crippen LogP contribution >= 0.6 is 0 Å². The van der Waals surface area contributed by atoms with E-state index in [2.05, 4.69) is 160 Å². The molecule has 0 saturated carbocycles. The number of hydrogen-bond donors (Lipinski definition) is 0. The van der Waals surface area contributed by atoms with Gasteiger partial charge in [0.2, 0.25) is 0 Å². The van der Waals surface area contributed by atoms with Crippen molar-refractivity contribution in [2.24, 2.45) is 0 Å². The van der Waals surface area contributed by atoms with Crippen molar-refractivity contribution in [1.29, 1.82) is 0 Å². The van der Waals surface area contributed by atoms with Gasteiger partial charge in [-0.1, -0.05) is 141 Å². The van der Waals surface area contributed by atoms with Crippen LogP contribution in [0.15, 0.2) is 140 Å². The van der Waals surface area contributed by atoms with Crippen LogP contribution in [0.4, 0.5) is 0 Å². The third-order valence-electron chi connectivity index (χ3n) is 8.84. The fourth-order valence-corrected chi connectivity index (χ4v) is 6.82. The van der Waals surface area contributed by atoms with E-state index in [1.165, 1.54) is 71.6 Å². The molecule has 0 heteroatoms. The van der Waals surface area contributed by atoms with Gasteiger partial charge in [-0.25, -0.2) is 0 Å². The molecule has 0 amide bonds. The Kier molecular flexibility index (Phi) is 6.20. The Morgan fingerprint density at radius 3 is 2.07 bits per heavy atom. The van der Waals surface area contributed by atoms with Crippen LogP contribution in [-0.2, 0) is 11.8 Å². The highest BCUT2D eigenvalue weighted by atomic mass is 14.4. The summed E-state index contributed by atoms with van der Waals surface area (Å²) in [5, 5.41) is 5.21. The molecule has 0 unspecified atom stereocenters. The van der Waals surface area contributed by atoms with Crippen LogP contribution in [0, 0.1) is 0 Å². The van der Waals surface area contributed by atoms with Gasteiger partial charge in [0.25, 0.3) is 0 Å². The Labute approximate surface area is 243 Å². The maximum Gasteiger partial charge on any atom is 0.0159 e. The molecule has 198 valence electrons. The van der Waals surface area contributed by atoms with Gasteiger partial charge >= 0.3 is 0 Å². The zero-order valence-electron chi connectivity index (χ0n) is 24.0. The minimum absolute atomic E-state index is 0.0836. The summed E-state index contributed by atoms with van der Waals surface area (Å²) < 4.78 is 0. The molecule has 0 heterocycles. The smallest absolute Gasteiger partial charge is 0.0159 e. The number of hydrogen-bond acceptors (Lipinski definition) is 0. The summed E-state index contributed by atoms with van der Waals surface area (Å²) >= 11 is 0. The average Bonchev–Trinajstić information content (AvgIpc) is 3.25. The van der Waals surface area contributed by atoms with E-state index >= 15 is 0 Å². The minimum Gasteiger partial charge on any atom is -0.0877 e. The van der Waals surface area contributed by atoms with E-state index in [1.807, 2.05) is 0 Å². The fourth-order valence-electron chi connectivity index (χ4n) is 6.82. The Hall–Kier alpha value is -4.68. The van der Waals surface area contributed by atoms with Crippen molar-refractivity contribution in [3.63, 3.8) is 0 Å². The molecule has 6 aromatic carbocycles. The van der Waals surface area contributed by atoms with Crippen LogP contribution in [0.1, 0.15) is 37.5 Å². The van der Waals surface area contributed by atoms with Crippen LogP contribution in [-0.4, -0.2) is 0 Å². The molecule has 0 saturated heterocycles. The van der Waals surface area contributed by atoms with Gasteiger partial charge in [0.1, 0.15) is 0 Å². The zero-order valence-corrected chi connectivity index (χ0v) is 24.0. The maximum atomic E-state index is 2.49. The Morgan fingerprint density at radius 2 is 1.24 bits per heavy atom. The first-order valence-electron chi connectivity index (χ1n) is 14.6. The highest BCUT2D eigenvalue weighted by molar-refractivity contribution is 6.10. The van der Waals surface area contributed by atoms with E-state index in [-0.39, 0.29) is 5.41 Å². The van der Waals surface area contributed by atoms with Gasteiger partial charge in [-0.3, -0.25) is 0 Å². The summed E-state index contributed by atoms with van der Waals surface area (Å²) in [6.07, 6.45) is 9.54. The average molecular weight is 527 g/mol. The van der Waals surface area contributed by atoms with Gasteiger partial charge in [0.15, 0.2) is 0 Å². The molecule has 0 fully saturated rings. The topological polar surface area (TPSA) is 0 Å². The van der Waals surface area contributed by atoms with Gasteiger partial charge in [-0.2, -0.15) is 0 Å². The monoisotopic (exact) mass is 526 g/mol. The van der Waals surface area contributed by atoms with E-state index in [0.29, 0.717) is 0 Å². The fraction of sp³-hybridized carbons (Fsp3) is 0.122.